The molecule has 2 aromatic heterocycles. The van der Waals surface area contributed by atoms with Crippen LogP contribution in [-0.2, 0) is 16.2 Å². The van der Waals surface area contributed by atoms with Crippen LogP contribution in [-0.4, -0.2) is 23.4 Å². The van der Waals surface area contributed by atoms with Crippen LogP contribution in [0.25, 0.3) is 11.3 Å². The van der Waals surface area contributed by atoms with E-state index >= 15 is 0 Å². The summed E-state index contributed by atoms with van der Waals surface area (Å²) in [6, 6.07) is 13.6. The molecule has 4 rings (SSSR count). The molecule has 0 radical (unpaired) electrons. The second kappa shape index (κ2) is 9.10. The van der Waals surface area contributed by atoms with Gasteiger partial charge in [-0.25, -0.2) is 18.4 Å². The molecule has 174 valence electrons. The van der Waals surface area contributed by atoms with Crippen molar-refractivity contribution in [2.75, 3.05) is 10.0 Å². The highest BCUT2D eigenvalue weighted by Gasteiger charge is 2.31. The number of anilines is 3. The number of pyridine rings is 1. The monoisotopic (exact) mass is 485 g/mol. The topological polar surface area (TPSA) is 96.9 Å². The highest BCUT2D eigenvalue weighted by atomic mass is 32.2. The van der Waals surface area contributed by atoms with Gasteiger partial charge in [-0.1, -0.05) is 12.1 Å². The number of nitrogens with one attached hydrogen (secondary N) is 2. The van der Waals surface area contributed by atoms with Gasteiger partial charge >= 0.3 is 6.18 Å². The molecule has 2 aromatic carbocycles. The van der Waals surface area contributed by atoms with Crippen LogP contribution in [0.1, 0.15) is 11.1 Å². The highest BCUT2D eigenvalue weighted by molar-refractivity contribution is 7.92. The van der Waals surface area contributed by atoms with Gasteiger partial charge in [0.2, 0.25) is 5.95 Å². The zero-order valence-corrected chi connectivity index (χ0v) is 18.5. The minimum absolute atomic E-state index is 0.161. The molecule has 4 aromatic rings. The number of hydrogen-bond acceptors (Lipinski definition) is 6. The van der Waals surface area contributed by atoms with Crippen molar-refractivity contribution in [3.63, 3.8) is 0 Å². The summed E-state index contributed by atoms with van der Waals surface area (Å²) >= 11 is 0. The van der Waals surface area contributed by atoms with Gasteiger partial charge in [0, 0.05) is 29.8 Å². The number of sulfonamides is 1. The number of nitrogens with zero attached hydrogens (tertiary/aromatic N) is 3. The molecule has 0 saturated carbocycles. The van der Waals surface area contributed by atoms with E-state index in [-0.39, 0.29) is 11.6 Å². The molecular weight excluding hydrogens is 467 g/mol. The number of rotatable bonds is 6. The van der Waals surface area contributed by atoms with Crippen LogP contribution < -0.4 is 10.0 Å². The van der Waals surface area contributed by atoms with Crippen molar-refractivity contribution >= 4 is 27.3 Å². The van der Waals surface area contributed by atoms with Crippen molar-refractivity contribution in [3.05, 3.63) is 90.4 Å². The number of benzene rings is 2. The summed E-state index contributed by atoms with van der Waals surface area (Å²) in [6.45, 7) is 1.80. The molecule has 0 unspecified atom stereocenters. The Labute approximate surface area is 193 Å². The Morgan fingerprint density at radius 1 is 0.941 bits per heavy atom. The fourth-order valence-corrected chi connectivity index (χ4v) is 4.18. The lowest BCUT2D eigenvalue weighted by molar-refractivity contribution is -0.137. The maximum Gasteiger partial charge on any atom is 0.416 e. The quantitative estimate of drug-likeness (QED) is 0.379. The predicted molar refractivity (Wildman–Crippen MR) is 122 cm³/mol. The Kier molecular flexibility index (Phi) is 6.20. The predicted octanol–water partition coefficient (Wildman–Crippen LogP) is 5.41. The number of hydrogen-bond donors (Lipinski definition) is 2. The number of halogens is 3. The van der Waals surface area contributed by atoms with Crippen LogP contribution >= 0.6 is 0 Å². The van der Waals surface area contributed by atoms with Crippen LogP contribution in [0.2, 0.25) is 0 Å². The summed E-state index contributed by atoms with van der Waals surface area (Å²) in [6.07, 6.45) is 0.240. The minimum atomic E-state index is -4.66. The lowest BCUT2D eigenvalue weighted by Gasteiger charge is -2.14. The van der Waals surface area contributed by atoms with E-state index < -0.39 is 26.7 Å². The lowest BCUT2D eigenvalue weighted by Crippen LogP contribution is -2.15. The summed E-state index contributed by atoms with van der Waals surface area (Å²) in [4.78, 5) is 12.2. The van der Waals surface area contributed by atoms with Gasteiger partial charge in [0.25, 0.3) is 10.0 Å². The SMILES string of the molecule is Cc1ccc(NS(=O)(=O)c2cccc(C(F)(F)F)c2)cc1Nc1nccc(-c2cccnc2)n1. The molecular formula is C23H18F3N5O2S. The van der Waals surface area contributed by atoms with Gasteiger partial charge in [-0.05, 0) is 61.0 Å². The Morgan fingerprint density at radius 2 is 1.76 bits per heavy atom. The van der Waals surface area contributed by atoms with Crippen molar-refractivity contribution in [2.45, 2.75) is 18.0 Å². The van der Waals surface area contributed by atoms with E-state index in [9.17, 15) is 21.6 Å². The average molecular weight is 485 g/mol. The fourth-order valence-electron chi connectivity index (χ4n) is 3.09. The molecule has 0 fully saturated rings. The van der Waals surface area contributed by atoms with Crippen LogP contribution in [0.5, 0.6) is 0 Å². The van der Waals surface area contributed by atoms with E-state index in [2.05, 4.69) is 25.0 Å². The highest BCUT2D eigenvalue weighted by Crippen LogP contribution is 2.31. The van der Waals surface area contributed by atoms with Gasteiger partial charge in [0.15, 0.2) is 0 Å². The Hall–Kier alpha value is -3.99. The fraction of sp³-hybridized carbons (Fsp3) is 0.0870. The van der Waals surface area contributed by atoms with E-state index in [1.54, 1.807) is 43.7 Å². The van der Waals surface area contributed by atoms with Crippen molar-refractivity contribution in [3.8, 4) is 11.3 Å². The zero-order valence-electron chi connectivity index (χ0n) is 17.7. The molecule has 0 aliphatic rings. The molecule has 0 aliphatic carbocycles. The van der Waals surface area contributed by atoms with Crippen LogP contribution in [0, 0.1) is 6.92 Å². The third kappa shape index (κ3) is 5.31. The normalized spacial score (nSPS) is 11.8. The first-order chi connectivity index (χ1) is 16.1. The maximum atomic E-state index is 13.0. The van der Waals surface area contributed by atoms with Gasteiger partial charge in [-0.2, -0.15) is 13.2 Å². The van der Waals surface area contributed by atoms with Gasteiger partial charge in [0.1, 0.15) is 0 Å². The Morgan fingerprint density at radius 3 is 2.50 bits per heavy atom. The van der Waals surface area contributed by atoms with Crippen molar-refractivity contribution in [2.24, 2.45) is 0 Å². The molecule has 34 heavy (non-hydrogen) atoms. The van der Waals surface area contributed by atoms with Gasteiger partial charge < -0.3 is 5.32 Å². The third-order valence-electron chi connectivity index (χ3n) is 4.82. The van der Waals surface area contributed by atoms with E-state index in [4.69, 9.17) is 0 Å². The second-order valence-electron chi connectivity index (χ2n) is 7.29. The number of alkyl halides is 3. The molecule has 7 nitrogen and oxygen atoms in total. The van der Waals surface area contributed by atoms with Crippen molar-refractivity contribution in [1.29, 1.82) is 0 Å². The lowest BCUT2D eigenvalue weighted by atomic mass is 10.2. The largest absolute Gasteiger partial charge is 0.416 e. The average Bonchev–Trinajstić information content (AvgIpc) is 2.81. The maximum absolute atomic E-state index is 13.0. The third-order valence-corrected chi connectivity index (χ3v) is 6.20. The zero-order chi connectivity index (χ0) is 24.3. The summed E-state index contributed by atoms with van der Waals surface area (Å²) < 4.78 is 66.7. The molecule has 2 N–H and O–H groups in total. The van der Waals surface area contributed by atoms with Gasteiger partial charge in [-0.3, -0.25) is 9.71 Å². The number of aryl methyl sites for hydroxylation is 1. The Bertz CT molecular complexity index is 1430. The number of aromatic nitrogens is 3. The minimum Gasteiger partial charge on any atom is -0.324 e. The molecule has 0 aliphatic heterocycles. The molecule has 2 heterocycles. The van der Waals surface area contributed by atoms with Crippen LogP contribution in [0.15, 0.2) is 84.1 Å². The smallest absolute Gasteiger partial charge is 0.324 e. The first-order valence-electron chi connectivity index (χ1n) is 9.93. The van der Waals surface area contributed by atoms with Gasteiger partial charge in [-0.15, -0.1) is 0 Å². The van der Waals surface area contributed by atoms with E-state index in [1.165, 1.54) is 12.1 Å². The molecule has 0 amide bonds. The van der Waals surface area contributed by atoms with Crippen molar-refractivity contribution < 1.29 is 21.6 Å². The molecule has 11 heteroatoms. The van der Waals surface area contributed by atoms with Gasteiger partial charge in [0.05, 0.1) is 21.8 Å². The molecule has 0 atom stereocenters. The Balaban J connectivity index is 1.59. The summed E-state index contributed by atoms with van der Waals surface area (Å²) in [7, 11) is -4.26. The van der Waals surface area contributed by atoms with Crippen LogP contribution in [0.4, 0.5) is 30.5 Å². The standard InChI is InChI=1S/C23H18F3N5O2S/c1-15-7-8-18(31-34(32,33)19-6-2-5-17(12-19)23(24,25)26)13-21(15)30-22-28-11-9-20(29-22)16-4-3-10-27-14-16/h2-14,31H,1H3,(H,28,29,30). The molecule has 0 saturated heterocycles. The van der Waals surface area contributed by atoms with Crippen LogP contribution in [0.3, 0.4) is 0 Å². The summed E-state index contributed by atoms with van der Waals surface area (Å²) in [5.41, 5.74) is 1.85. The van der Waals surface area contributed by atoms with Crippen molar-refractivity contribution in [1.82, 2.24) is 15.0 Å². The van der Waals surface area contributed by atoms with E-state index in [0.717, 1.165) is 29.3 Å². The summed E-state index contributed by atoms with van der Waals surface area (Å²) in [5, 5.41) is 3.05. The second-order valence-corrected chi connectivity index (χ2v) is 8.98. The molecule has 0 spiro atoms. The molecule has 0 bridgehead atoms. The van der Waals surface area contributed by atoms with E-state index in [1.807, 2.05) is 6.07 Å². The first-order valence-corrected chi connectivity index (χ1v) is 11.4. The first kappa shape index (κ1) is 23.2. The van der Waals surface area contributed by atoms with E-state index in [0.29, 0.717) is 17.4 Å². The summed E-state index contributed by atoms with van der Waals surface area (Å²) in [5.74, 6) is 0.280.